The lowest BCUT2D eigenvalue weighted by molar-refractivity contribution is -0.129. The Kier molecular flexibility index (Phi) is 5.41. The Labute approximate surface area is 110 Å². The Morgan fingerprint density at radius 2 is 1.81 bits per heavy atom. The Bertz CT molecular complexity index is 338. The smallest absolute Gasteiger partial charge is 0.237 e. The monoisotopic (exact) mass is 361 g/mol. The van der Waals surface area contributed by atoms with Gasteiger partial charge in [-0.15, -0.1) is 0 Å². The average Bonchev–Trinajstić information content (AvgIpc) is 2.17. The number of halogens is 1. The predicted molar refractivity (Wildman–Crippen MR) is 69.9 cm³/mol. The standard InChI is InChI=1S/C8H16IN3O3S/c9-12-4-2-11(3-5-12)8(13)7-16(14,15)6-1-10/h1-7,10H2. The van der Waals surface area contributed by atoms with Gasteiger partial charge in [-0.3, -0.25) is 4.79 Å². The van der Waals surface area contributed by atoms with Crippen LogP contribution in [0, 0.1) is 0 Å². The van der Waals surface area contributed by atoms with Gasteiger partial charge in [-0.25, -0.2) is 11.5 Å². The molecule has 2 N–H and O–H groups in total. The molecule has 0 atom stereocenters. The molecule has 0 aromatic carbocycles. The summed E-state index contributed by atoms with van der Waals surface area (Å²) in [7, 11) is -3.33. The zero-order valence-electron chi connectivity index (χ0n) is 8.93. The Morgan fingerprint density at radius 3 is 2.31 bits per heavy atom. The molecule has 16 heavy (non-hydrogen) atoms. The molecule has 94 valence electrons. The molecule has 0 saturated carbocycles. The van der Waals surface area contributed by atoms with Crippen LogP contribution in [0.1, 0.15) is 0 Å². The number of hydrogen-bond donors (Lipinski definition) is 1. The Balaban J connectivity index is 2.47. The fourth-order valence-electron chi connectivity index (χ4n) is 1.46. The summed E-state index contributed by atoms with van der Waals surface area (Å²) in [5.74, 6) is -0.839. The lowest BCUT2D eigenvalue weighted by atomic mass is 10.3. The zero-order chi connectivity index (χ0) is 12.2. The van der Waals surface area contributed by atoms with Crippen molar-refractivity contribution >= 4 is 38.6 Å². The fourth-order valence-corrected chi connectivity index (χ4v) is 2.96. The molecule has 0 radical (unpaired) electrons. The summed E-state index contributed by atoms with van der Waals surface area (Å²) in [5, 5.41) is 0. The summed E-state index contributed by atoms with van der Waals surface area (Å²) in [6.07, 6.45) is 0. The number of piperazine rings is 1. The van der Waals surface area contributed by atoms with E-state index in [2.05, 4.69) is 26.0 Å². The number of sulfone groups is 1. The minimum Gasteiger partial charge on any atom is -0.339 e. The van der Waals surface area contributed by atoms with Gasteiger partial charge in [-0.1, -0.05) is 0 Å². The van der Waals surface area contributed by atoms with Crippen LogP contribution in [0.15, 0.2) is 0 Å². The second kappa shape index (κ2) is 6.12. The van der Waals surface area contributed by atoms with Gasteiger partial charge in [0.25, 0.3) is 0 Å². The highest BCUT2D eigenvalue weighted by atomic mass is 127. The zero-order valence-corrected chi connectivity index (χ0v) is 11.9. The average molecular weight is 361 g/mol. The molecular weight excluding hydrogens is 345 g/mol. The summed E-state index contributed by atoms with van der Waals surface area (Å²) in [5.41, 5.74) is 5.18. The number of amides is 1. The van der Waals surface area contributed by atoms with E-state index in [1.807, 2.05) is 0 Å². The van der Waals surface area contributed by atoms with Crippen LogP contribution in [0.5, 0.6) is 0 Å². The van der Waals surface area contributed by atoms with E-state index in [0.717, 1.165) is 13.1 Å². The first-order chi connectivity index (χ1) is 7.44. The second-order valence-corrected chi connectivity index (χ2v) is 7.22. The quantitative estimate of drug-likeness (QED) is 0.505. The molecule has 0 aromatic rings. The lowest BCUT2D eigenvalue weighted by Crippen LogP contribution is -2.47. The number of nitrogens with two attached hydrogens (primary N) is 1. The molecule has 0 aromatic heterocycles. The molecule has 1 aliphatic heterocycles. The Morgan fingerprint density at radius 1 is 1.25 bits per heavy atom. The van der Waals surface area contributed by atoms with Crippen LogP contribution in [-0.4, -0.2) is 66.6 Å². The summed E-state index contributed by atoms with van der Waals surface area (Å²) in [4.78, 5) is 13.3. The number of hydrogen-bond acceptors (Lipinski definition) is 5. The van der Waals surface area contributed by atoms with Gasteiger partial charge >= 0.3 is 0 Å². The van der Waals surface area contributed by atoms with Gasteiger partial charge in [-0.2, -0.15) is 0 Å². The van der Waals surface area contributed by atoms with Crippen molar-refractivity contribution in [1.82, 2.24) is 8.01 Å². The van der Waals surface area contributed by atoms with Gasteiger partial charge in [0.2, 0.25) is 5.91 Å². The number of carbonyl (C=O) groups is 1. The molecule has 1 rings (SSSR count). The molecular formula is C8H16IN3O3S. The molecule has 1 amide bonds. The third-order valence-electron chi connectivity index (χ3n) is 2.35. The molecule has 0 spiro atoms. The maximum atomic E-state index is 11.7. The van der Waals surface area contributed by atoms with Gasteiger partial charge < -0.3 is 10.6 Å². The molecule has 1 heterocycles. The number of rotatable bonds is 4. The van der Waals surface area contributed by atoms with Crippen LogP contribution in [0.3, 0.4) is 0 Å². The van der Waals surface area contributed by atoms with Gasteiger partial charge in [0, 0.05) is 55.6 Å². The molecule has 6 nitrogen and oxygen atoms in total. The summed E-state index contributed by atoms with van der Waals surface area (Å²) in [6, 6.07) is 0. The molecule has 1 saturated heterocycles. The van der Waals surface area contributed by atoms with Crippen LogP contribution in [0.4, 0.5) is 0 Å². The maximum absolute atomic E-state index is 11.7. The third-order valence-corrected chi connectivity index (χ3v) is 4.86. The molecule has 8 heteroatoms. The highest BCUT2D eigenvalue weighted by molar-refractivity contribution is 14.1. The molecule has 1 fully saturated rings. The molecule has 0 bridgehead atoms. The predicted octanol–water partition coefficient (Wildman–Crippen LogP) is -1.15. The minimum absolute atomic E-state index is 0.0666. The number of carbonyl (C=O) groups excluding carboxylic acids is 1. The van der Waals surface area contributed by atoms with Crippen LogP contribution >= 0.6 is 22.9 Å². The summed E-state index contributed by atoms with van der Waals surface area (Å²) < 4.78 is 24.9. The highest BCUT2D eigenvalue weighted by Gasteiger charge is 2.24. The molecule has 0 unspecified atom stereocenters. The topological polar surface area (TPSA) is 83.7 Å². The van der Waals surface area contributed by atoms with E-state index in [1.54, 1.807) is 4.90 Å². The maximum Gasteiger partial charge on any atom is 0.237 e. The minimum atomic E-state index is -3.33. The van der Waals surface area contributed by atoms with Crippen molar-refractivity contribution in [2.45, 2.75) is 0 Å². The van der Waals surface area contributed by atoms with Gasteiger partial charge in [0.05, 0.1) is 5.75 Å². The van der Waals surface area contributed by atoms with Gasteiger partial charge in [0.15, 0.2) is 9.84 Å². The van der Waals surface area contributed by atoms with Crippen molar-refractivity contribution in [1.29, 1.82) is 0 Å². The summed E-state index contributed by atoms with van der Waals surface area (Å²) >= 11 is 2.19. The van der Waals surface area contributed by atoms with Crippen molar-refractivity contribution in [3.8, 4) is 0 Å². The van der Waals surface area contributed by atoms with E-state index in [1.165, 1.54) is 0 Å². The van der Waals surface area contributed by atoms with Crippen molar-refractivity contribution in [3.63, 3.8) is 0 Å². The van der Waals surface area contributed by atoms with Crippen molar-refractivity contribution in [3.05, 3.63) is 0 Å². The van der Waals surface area contributed by atoms with E-state index >= 15 is 0 Å². The highest BCUT2D eigenvalue weighted by Crippen LogP contribution is 2.07. The van der Waals surface area contributed by atoms with Crippen LogP contribution in [-0.2, 0) is 14.6 Å². The van der Waals surface area contributed by atoms with E-state index in [-0.39, 0.29) is 18.2 Å². The van der Waals surface area contributed by atoms with Crippen LogP contribution in [0.25, 0.3) is 0 Å². The Hall–Kier alpha value is 0.0700. The van der Waals surface area contributed by atoms with E-state index < -0.39 is 15.6 Å². The van der Waals surface area contributed by atoms with Crippen molar-refractivity contribution in [2.75, 3.05) is 44.2 Å². The van der Waals surface area contributed by atoms with E-state index in [9.17, 15) is 13.2 Å². The van der Waals surface area contributed by atoms with Crippen molar-refractivity contribution in [2.24, 2.45) is 5.73 Å². The largest absolute Gasteiger partial charge is 0.339 e. The molecule has 0 aliphatic carbocycles. The van der Waals surface area contributed by atoms with E-state index in [0.29, 0.717) is 13.1 Å². The van der Waals surface area contributed by atoms with Gasteiger partial charge in [-0.05, 0) is 0 Å². The first kappa shape index (κ1) is 14.1. The third kappa shape index (κ3) is 4.52. The SMILES string of the molecule is NCCS(=O)(=O)CC(=O)N1CCN(I)CC1. The number of nitrogens with zero attached hydrogens (tertiary/aromatic N) is 2. The first-order valence-electron chi connectivity index (χ1n) is 5.03. The van der Waals surface area contributed by atoms with Crippen molar-refractivity contribution < 1.29 is 13.2 Å². The van der Waals surface area contributed by atoms with Gasteiger partial charge in [0.1, 0.15) is 5.75 Å². The molecule has 1 aliphatic rings. The second-order valence-electron chi connectivity index (χ2n) is 3.67. The lowest BCUT2D eigenvalue weighted by Gasteiger charge is -2.31. The fraction of sp³-hybridized carbons (Fsp3) is 0.875. The first-order valence-corrected chi connectivity index (χ1v) is 7.82. The van der Waals surface area contributed by atoms with Crippen LogP contribution < -0.4 is 5.73 Å². The van der Waals surface area contributed by atoms with Crippen LogP contribution in [0.2, 0.25) is 0 Å². The normalized spacial score (nSPS) is 18.8. The summed E-state index contributed by atoms with van der Waals surface area (Å²) in [6.45, 7) is 2.82. The van der Waals surface area contributed by atoms with E-state index in [4.69, 9.17) is 5.73 Å².